The Morgan fingerprint density at radius 3 is 2.56 bits per heavy atom. The number of rotatable bonds is 4. The van der Waals surface area contributed by atoms with Crippen molar-refractivity contribution in [3.63, 3.8) is 0 Å². The molecule has 1 rings (SSSR count). The van der Waals surface area contributed by atoms with Crippen molar-refractivity contribution in [2.75, 3.05) is 0 Å². The number of halogens is 2. The van der Waals surface area contributed by atoms with E-state index in [1.807, 2.05) is 18.2 Å². The van der Waals surface area contributed by atoms with E-state index in [1.54, 1.807) is 0 Å². The summed E-state index contributed by atoms with van der Waals surface area (Å²) in [5.74, 6) is 0. The molecule has 0 aliphatic carbocycles. The van der Waals surface area contributed by atoms with Crippen LogP contribution in [0.5, 0.6) is 0 Å². The van der Waals surface area contributed by atoms with Crippen LogP contribution in [0.4, 0.5) is 0 Å². The van der Waals surface area contributed by atoms with Crippen molar-refractivity contribution in [3.05, 3.63) is 32.7 Å². The van der Waals surface area contributed by atoms with Crippen LogP contribution in [0.2, 0.25) is 0 Å². The maximum absolute atomic E-state index is 9.14. The maximum atomic E-state index is 9.14. The lowest BCUT2D eigenvalue weighted by atomic mass is 10.1. The van der Waals surface area contributed by atoms with E-state index < -0.39 is 0 Å². The van der Waals surface area contributed by atoms with Gasteiger partial charge in [0, 0.05) is 15.0 Å². The molecule has 0 heterocycles. The molecular formula is C12H14Br2N2. The third-order valence-corrected chi connectivity index (χ3v) is 4.35. The fourth-order valence-corrected chi connectivity index (χ4v) is 1.95. The molecule has 0 aromatic heterocycles. The Morgan fingerprint density at radius 2 is 2.06 bits per heavy atom. The average Bonchev–Trinajstić information content (AvgIpc) is 2.29. The first-order valence-corrected chi connectivity index (χ1v) is 6.77. The van der Waals surface area contributed by atoms with Crippen molar-refractivity contribution in [2.24, 2.45) is 0 Å². The molecule has 2 atom stereocenters. The van der Waals surface area contributed by atoms with Crippen molar-refractivity contribution in [1.29, 1.82) is 5.26 Å². The topological polar surface area (TPSA) is 35.8 Å². The van der Waals surface area contributed by atoms with Crippen LogP contribution in [0.1, 0.15) is 31.9 Å². The van der Waals surface area contributed by atoms with Gasteiger partial charge in [-0.1, -0.05) is 13.0 Å². The second kappa shape index (κ2) is 6.39. The van der Waals surface area contributed by atoms with Crippen LogP contribution < -0.4 is 5.32 Å². The predicted octanol–water partition coefficient (Wildman–Crippen LogP) is 4.16. The zero-order valence-electron chi connectivity index (χ0n) is 9.30. The zero-order valence-corrected chi connectivity index (χ0v) is 12.5. The van der Waals surface area contributed by atoms with Crippen molar-refractivity contribution in [3.8, 4) is 6.07 Å². The fourth-order valence-electron chi connectivity index (χ4n) is 1.30. The first kappa shape index (κ1) is 13.7. The van der Waals surface area contributed by atoms with E-state index >= 15 is 0 Å². The van der Waals surface area contributed by atoms with Crippen LogP contribution in [-0.2, 0) is 0 Å². The number of nitrogens with zero attached hydrogens (tertiary/aromatic N) is 1. The monoisotopic (exact) mass is 344 g/mol. The van der Waals surface area contributed by atoms with Crippen LogP contribution in [-0.4, -0.2) is 6.04 Å². The lowest BCUT2D eigenvalue weighted by molar-refractivity contribution is 0.501. The van der Waals surface area contributed by atoms with Gasteiger partial charge in [-0.2, -0.15) is 5.26 Å². The summed E-state index contributed by atoms with van der Waals surface area (Å²) in [7, 11) is 0. The summed E-state index contributed by atoms with van der Waals surface area (Å²) in [6, 6.07) is 8.24. The smallest absolute Gasteiger partial charge is 0.121 e. The summed E-state index contributed by atoms with van der Waals surface area (Å²) in [4.78, 5) is 0. The van der Waals surface area contributed by atoms with Crippen molar-refractivity contribution in [1.82, 2.24) is 5.32 Å². The van der Waals surface area contributed by atoms with Crippen LogP contribution in [0, 0.1) is 11.3 Å². The lowest BCUT2D eigenvalue weighted by Gasteiger charge is -2.17. The van der Waals surface area contributed by atoms with E-state index in [2.05, 4.69) is 57.1 Å². The van der Waals surface area contributed by atoms with E-state index in [1.165, 1.54) is 0 Å². The van der Waals surface area contributed by atoms with Gasteiger partial charge in [0.1, 0.15) is 6.04 Å². The van der Waals surface area contributed by atoms with Gasteiger partial charge >= 0.3 is 0 Å². The van der Waals surface area contributed by atoms with E-state index in [0.29, 0.717) is 6.04 Å². The molecule has 0 aliphatic heterocycles. The molecule has 0 radical (unpaired) electrons. The first-order chi connectivity index (χ1) is 7.58. The molecule has 0 bridgehead atoms. The lowest BCUT2D eigenvalue weighted by Crippen LogP contribution is -2.29. The summed E-state index contributed by atoms with van der Waals surface area (Å²) in [5, 5.41) is 12.4. The number of benzene rings is 1. The minimum Gasteiger partial charge on any atom is -0.296 e. The highest BCUT2D eigenvalue weighted by molar-refractivity contribution is 9.13. The molecule has 2 unspecified atom stereocenters. The molecule has 1 aromatic rings. The molecule has 0 saturated carbocycles. The summed E-state index contributed by atoms with van der Waals surface area (Å²) in [5.41, 5.74) is 0.984. The standard InChI is InChI=1S/C12H14Br2N2/c1-3-8(2)16-12(7-15)9-4-5-10(13)11(14)6-9/h4-6,8,12,16H,3H2,1-2H3. The van der Waals surface area contributed by atoms with Gasteiger partial charge in [-0.25, -0.2) is 0 Å². The van der Waals surface area contributed by atoms with E-state index in [-0.39, 0.29) is 6.04 Å². The molecule has 0 fully saturated rings. The van der Waals surface area contributed by atoms with E-state index in [0.717, 1.165) is 20.9 Å². The van der Waals surface area contributed by atoms with Gasteiger partial charge in [-0.15, -0.1) is 0 Å². The fraction of sp³-hybridized carbons (Fsp3) is 0.417. The molecule has 0 spiro atoms. The number of hydrogen-bond acceptors (Lipinski definition) is 2. The van der Waals surface area contributed by atoms with Crippen LogP contribution in [0.15, 0.2) is 27.1 Å². The third-order valence-electron chi connectivity index (χ3n) is 2.47. The Hall–Kier alpha value is -0.370. The largest absolute Gasteiger partial charge is 0.296 e. The zero-order chi connectivity index (χ0) is 12.1. The Bertz CT molecular complexity index is 398. The first-order valence-electron chi connectivity index (χ1n) is 5.19. The number of nitrogens with one attached hydrogen (secondary N) is 1. The van der Waals surface area contributed by atoms with Gasteiger partial charge in [-0.05, 0) is 62.9 Å². The second-order valence-electron chi connectivity index (χ2n) is 3.71. The molecule has 4 heteroatoms. The van der Waals surface area contributed by atoms with Gasteiger partial charge in [0.05, 0.1) is 6.07 Å². The summed E-state index contributed by atoms with van der Waals surface area (Å²) < 4.78 is 1.97. The summed E-state index contributed by atoms with van der Waals surface area (Å²) in [6.07, 6.45) is 1.01. The Labute approximate surface area is 113 Å². The second-order valence-corrected chi connectivity index (χ2v) is 5.42. The molecule has 1 N–H and O–H groups in total. The van der Waals surface area contributed by atoms with Crippen molar-refractivity contribution >= 4 is 31.9 Å². The van der Waals surface area contributed by atoms with E-state index in [9.17, 15) is 0 Å². The Kier molecular flexibility index (Phi) is 5.47. The van der Waals surface area contributed by atoms with Gasteiger partial charge < -0.3 is 0 Å². The number of hydrogen-bond donors (Lipinski definition) is 1. The molecule has 0 saturated heterocycles. The molecule has 1 aromatic carbocycles. The number of nitriles is 1. The molecule has 0 aliphatic rings. The maximum Gasteiger partial charge on any atom is 0.121 e. The third kappa shape index (κ3) is 3.58. The summed E-state index contributed by atoms with van der Waals surface area (Å²) in [6.45, 7) is 4.18. The quantitative estimate of drug-likeness (QED) is 0.889. The average molecular weight is 346 g/mol. The highest BCUT2D eigenvalue weighted by atomic mass is 79.9. The SMILES string of the molecule is CCC(C)NC(C#N)c1ccc(Br)c(Br)c1. The highest BCUT2D eigenvalue weighted by Gasteiger charge is 2.13. The van der Waals surface area contributed by atoms with Gasteiger partial charge in [0.25, 0.3) is 0 Å². The van der Waals surface area contributed by atoms with Crippen molar-refractivity contribution < 1.29 is 0 Å². The minimum atomic E-state index is -0.251. The van der Waals surface area contributed by atoms with Crippen molar-refractivity contribution in [2.45, 2.75) is 32.4 Å². The van der Waals surface area contributed by atoms with E-state index in [4.69, 9.17) is 5.26 Å². The van der Waals surface area contributed by atoms with Crippen LogP contribution in [0.25, 0.3) is 0 Å². The van der Waals surface area contributed by atoms with Crippen LogP contribution >= 0.6 is 31.9 Å². The van der Waals surface area contributed by atoms with Gasteiger partial charge in [-0.3, -0.25) is 5.32 Å². The minimum absolute atomic E-state index is 0.251. The summed E-state index contributed by atoms with van der Waals surface area (Å²) >= 11 is 6.86. The van der Waals surface area contributed by atoms with Gasteiger partial charge in [0.2, 0.25) is 0 Å². The highest BCUT2D eigenvalue weighted by Crippen LogP contribution is 2.26. The molecule has 86 valence electrons. The Balaban J connectivity index is 2.88. The normalized spacial score (nSPS) is 14.2. The molecule has 0 amide bonds. The molecule has 16 heavy (non-hydrogen) atoms. The Morgan fingerprint density at radius 1 is 1.38 bits per heavy atom. The molecular weight excluding hydrogens is 332 g/mol. The molecule has 2 nitrogen and oxygen atoms in total. The van der Waals surface area contributed by atoms with Gasteiger partial charge in [0.15, 0.2) is 0 Å². The predicted molar refractivity (Wildman–Crippen MR) is 73.1 cm³/mol. The van der Waals surface area contributed by atoms with Crippen LogP contribution in [0.3, 0.4) is 0 Å².